The monoisotopic (exact) mass is 449 g/mol. The normalized spacial score (nSPS) is 19.6. The number of morpholine rings is 1. The summed E-state index contributed by atoms with van der Waals surface area (Å²) in [5.41, 5.74) is 0.617. The number of nitrogens with one attached hydrogen (secondary N) is 1. The molecule has 0 spiro atoms. The molecular formula is C20H27N5O5S. The molecule has 1 amide bonds. The summed E-state index contributed by atoms with van der Waals surface area (Å²) in [6, 6.07) is 5.81. The third kappa shape index (κ3) is 4.94. The maximum Gasteiger partial charge on any atom is 0.255 e. The van der Waals surface area contributed by atoms with Gasteiger partial charge in [-0.2, -0.15) is 9.29 Å². The molecule has 1 N–H and O–H groups in total. The minimum absolute atomic E-state index is 0.125. The molecule has 0 bridgehead atoms. The first-order valence-electron chi connectivity index (χ1n) is 9.76. The first kappa shape index (κ1) is 22.9. The van der Waals surface area contributed by atoms with E-state index in [4.69, 9.17) is 9.47 Å². The summed E-state index contributed by atoms with van der Waals surface area (Å²) >= 11 is 0. The highest BCUT2D eigenvalue weighted by molar-refractivity contribution is 7.89. The summed E-state index contributed by atoms with van der Waals surface area (Å²) < 4.78 is 38.2. The lowest BCUT2D eigenvalue weighted by atomic mass is 10.2. The van der Waals surface area contributed by atoms with Gasteiger partial charge in [-0.05, 0) is 38.1 Å². The summed E-state index contributed by atoms with van der Waals surface area (Å²) in [6.07, 6.45) is 0.978. The van der Waals surface area contributed by atoms with E-state index in [0.29, 0.717) is 17.1 Å². The summed E-state index contributed by atoms with van der Waals surface area (Å²) in [5, 5.41) is 2.75. The molecule has 3 rings (SSSR count). The highest BCUT2D eigenvalue weighted by Crippen LogP contribution is 2.30. The van der Waals surface area contributed by atoms with Crippen molar-refractivity contribution >= 4 is 27.4 Å². The van der Waals surface area contributed by atoms with Crippen LogP contribution in [0.1, 0.15) is 24.2 Å². The molecule has 31 heavy (non-hydrogen) atoms. The fourth-order valence-corrected chi connectivity index (χ4v) is 4.99. The van der Waals surface area contributed by atoms with Gasteiger partial charge in [-0.3, -0.25) is 4.79 Å². The molecule has 2 atom stereocenters. The molecule has 2 aromatic rings. The molecule has 1 aromatic heterocycles. The predicted octanol–water partition coefficient (Wildman–Crippen LogP) is 1.60. The van der Waals surface area contributed by atoms with Crippen LogP contribution < -0.4 is 15.0 Å². The molecule has 10 nitrogen and oxygen atoms in total. The maximum atomic E-state index is 13.0. The number of aromatic nitrogens is 2. The van der Waals surface area contributed by atoms with E-state index < -0.39 is 15.9 Å². The first-order valence-corrected chi connectivity index (χ1v) is 11.2. The Morgan fingerprint density at radius 1 is 1.16 bits per heavy atom. The Hall–Kier alpha value is -2.76. The molecule has 0 aliphatic carbocycles. The average molecular weight is 450 g/mol. The zero-order chi connectivity index (χ0) is 22.8. The number of hydrogen-bond acceptors (Lipinski definition) is 8. The topological polar surface area (TPSA) is 114 Å². The highest BCUT2D eigenvalue weighted by atomic mass is 32.2. The third-order valence-corrected chi connectivity index (χ3v) is 6.63. The van der Waals surface area contributed by atoms with E-state index in [1.165, 1.54) is 42.0 Å². The van der Waals surface area contributed by atoms with Crippen LogP contribution in [-0.2, 0) is 14.8 Å². The van der Waals surface area contributed by atoms with Gasteiger partial charge >= 0.3 is 0 Å². The van der Waals surface area contributed by atoms with Gasteiger partial charge in [0.05, 0.1) is 24.2 Å². The molecule has 168 valence electrons. The van der Waals surface area contributed by atoms with Crippen molar-refractivity contribution in [2.24, 2.45) is 0 Å². The highest BCUT2D eigenvalue weighted by Gasteiger charge is 2.32. The van der Waals surface area contributed by atoms with Gasteiger partial charge in [0.25, 0.3) is 5.91 Å². The Labute approximate surface area is 182 Å². The quantitative estimate of drug-likeness (QED) is 0.707. The van der Waals surface area contributed by atoms with Crippen molar-refractivity contribution in [3.8, 4) is 5.88 Å². The van der Waals surface area contributed by atoms with Crippen LogP contribution in [0.25, 0.3) is 0 Å². The van der Waals surface area contributed by atoms with Gasteiger partial charge in [0.15, 0.2) is 5.82 Å². The number of benzene rings is 1. The number of sulfonamides is 1. The SMILES string of the molecule is COc1ncnc(N(C)C)c1NC(=O)c1ccc(S(=O)(=O)N2C[C@@H](C)O[C@H](C)C2)cc1. The van der Waals surface area contributed by atoms with Crippen molar-refractivity contribution in [2.75, 3.05) is 44.5 Å². The van der Waals surface area contributed by atoms with E-state index in [9.17, 15) is 13.2 Å². The van der Waals surface area contributed by atoms with Crippen LogP contribution in [0.2, 0.25) is 0 Å². The largest absolute Gasteiger partial charge is 0.479 e. The van der Waals surface area contributed by atoms with Crippen molar-refractivity contribution in [2.45, 2.75) is 31.0 Å². The van der Waals surface area contributed by atoms with Gasteiger partial charge in [-0.15, -0.1) is 0 Å². The number of amides is 1. The standard InChI is InChI=1S/C20H27N5O5S/c1-13-10-25(11-14(2)30-13)31(27,28)16-8-6-15(7-9-16)19(26)23-17-18(24(3)4)21-12-22-20(17)29-5/h6-9,12-14H,10-11H2,1-5H3,(H,23,26)/t13-,14-/m1/s1. The van der Waals surface area contributed by atoms with Crippen LogP contribution in [0.4, 0.5) is 11.5 Å². The van der Waals surface area contributed by atoms with Crippen LogP contribution in [0.15, 0.2) is 35.5 Å². The zero-order valence-electron chi connectivity index (χ0n) is 18.2. The Morgan fingerprint density at radius 3 is 2.32 bits per heavy atom. The number of carbonyl (C=O) groups excluding carboxylic acids is 1. The first-order chi connectivity index (χ1) is 14.6. The summed E-state index contributed by atoms with van der Waals surface area (Å²) in [4.78, 5) is 22.8. The Morgan fingerprint density at radius 2 is 1.77 bits per heavy atom. The molecule has 0 unspecified atom stereocenters. The van der Waals surface area contributed by atoms with E-state index in [1.807, 2.05) is 13.8 Å². The second-order valence-corrected chi connectivity index (χ2v) is 9.47. The predicted molar refractivity (Wildman–Crippen MR) is 116 cm³/mol. The van der Waals surface area contributed by atoms with E-state index in [2.05, 4.69) is 15.3 Å². The summed E-state index contributed by atoms with van der Waals surface area (Å²) in [5.74, 6) is 0.269. The van der Waals surface area contributed by atoms with Gasteiger partial charge in [0.2, 0.25) is 15.9 Å². The molecule has 1 aliphatic rings. The number of methoxy groups -OCH3 is 1. The van der Waals surface area contributed by atoms with Crippen molar-refractivity contribution in [3.05, 3.63) is 36.2 Å². The van der Waals surface area contributed by atoms with Gasteiger partial charge in [0.1, 0.15) is 12.0 Å². The molecule has 0 saturated carbocycles. The number of ether oxygens (including phenoxy) is 2. The van der Waals surface area contributed by atoms with Crippen LogP contribution in [0.5, 0.6) is 5.88 Å². The lowest BCUT2D eigenvalue weighted by Crippen LogP contribution is -2.48. The van der Waals surface area contributed by atoms with Crippen molar-refractivity contribution in [1.29, 1.82) is 0 Å². The molecule has 2 heterocycles. The lowest BCUT2D eigenvalue weighted by molar-refractivity contribution is -0.0440. The van der Waals surface area contributed by atoms with E-state index in [1.54, 1.807) is 19.0 Å². The van der Waals surface area contributed by atoms with Crippen LogP contribution in [-0.4, -0.2) is 75.1 Å². The molecule has 1 saturated heterocycles. The molecular weight excluding hydrogens is 422 g/mol. The minimum atomic E-state index is -3.68. The number of anilines is 2. The lowest BCUT2D eigenvalue weighted by Gasteiger charge is -2.34. The number of carbonyl (C=O) groups is 1. The smallest absolute Gasteiger partial charge is 0.255 e. The fourth-order valence-electron chi connectivity index (χ4n) is 3.40. The molecule has 1 aliphatic heterocycles. The van der Waals surface area contributed by atoms with E-state index in [0.717, 1.165) is 0 Å². The molecule has 1 fully saturated rings. The molecule has 11 heteroatoms. The second kappa shape index (κ2) is 9.16. The molecule has 1 aromatic carbocycles. The van der Waals surface area contributed by atoms with Gasteiger partial charge in [-0.1, -0.05) is 0 Å². The minimum Gasteiger partial charge on any atom is -0.479 e. The third-order valence-electron chi connectivity index (χ3n) is 4.79. The van der Waals surface area contributed by atoms with E-state index >= 15 is 0 Å². The van der Waals surface area contributed by atoms with Gasteiger partial charge in [0, 0.05) is 32.7 Å². The van der Waals surface area contributed by atoms with Crippen molar-refractivity contribution in [1.82, 2.24) is 14.3 Å². The average Bonchev–Trinajstić information content (AvgIpc) is 2.73. The Kier molecular flexibility index (Phi) is 6.77. The fraction of sp³-hybridized carbons (Fsp3) is 0.450. The van der Waals surface area contributed by atoms with E-state index in [-0.39, 0.29) is 36.1 Å². The van der Waals surface area contributed by atoms with Crippen LogP contribution in [0.3, 0.4) is 0 Å². The number of hydrogen-bond donors (Lipinski definition) is 1. The number of rotatable bonds is 6. The summed E-state index contributed by atoms with van der Waals surface area (Å²) in [7, 11) is 1.33. The summed E-state index contributed by atoms with van der Waals surface area (Å²) in [6.45, 7) is 4.26. The van der Waals surface area contributed by atoms with Crippen molar-refractivity contribution in [3.63, 3.8) is 0 Å². The molecule has 0 radical (unpaired) electrons. The van der Waals surface area contributed by atoms with Gasteiger partial charge < -0.3 is 19.7 Å². The Bertz CT molecular complexity index is 1030. The number of nitrogens with zero attached hydrogens (tertiary/aromatic N) is 4. The zero-order valence-corrected chi connectivity index (χ0v) is 19.0. The maximum absolute atomic E-state index is 13.0. The second-order valence-electron chi connectivity index (χ2n) is 7.53. The van der Waals surface area contributed by atoms with Crippen LogP contribution >= 0.6 is 0 Å². The van der Waals surface area contributed by atoms with Crippen molar-refractivity contribution < 1.29 is 22.7 Å². The Balaban J connectivity index is 1.82. The van der Waals surface area contributed by atoms with Crippen LogP contribution in [0, 0.1) is 0 Å². The van der Waals surface area contributed by atoms with Gasteiger partial charge in [-0.25, -0.2) is 13.4 Å².